The Morgan fingerprint density at radius 1 is 1.38 bits per heavy atom. The number of aliphatic hydroxyl groups is 1. The first-order valence-corrected chi connectivity index (χ1v) is 7.57. The molecule has 3 rings (SSSR count). The molecule has 1 aliphatic heterocycles. The van der Waals surface area contributed by atoms with Gasteiger partial charge in [0, 0.05) is 24.7 Å². The van der Waals surface area contributed by atoms with E-state index in [1.165, 1.54) is 16.8 Å². The van der Waals surface area contributed by atoms with Gasteiger partial charge in [-0.1, -0.05) is 18.2 Å². The minimum absolute atomic E-state index is 0.152. The van der Waals surface area contributed by atoms with E-state index >= 15 is 0 Å². The van der Waals surface area contributed by atoms with Gasteiger partial charge < -0.3 is 20.9 Å². The van der Waals surface area contributed by atoms with Crippen LogP contribution in [0.5, 0.6) is 0 Å². The van der Waals surface area contributed by atoms with E-state index in [0.717, 1.165) is 0 Å². The van der Waals surface area contributed by atoms with Crippen LogP contribution in [-0.2, 0) is 4.74 Å². The van der Waals surface area contributed by atoms with E-state index in [-0.39, 0.29) is 24.7 Å². The average molecular weight is 330 g/mol. The van der Waals surface area contributed by atoms with Crippen molar-refractivity contribution in [2.24, 2.45) is 5.73 Å². The van der Waals surface area contributed by atoms with Crippen LogP contribution in [0.15, 0.2) is 47.4 Å². The molecule has 8 nitrogen and oxygen atoms in total. The Hall–Kier alpha value is -2.55. The van der Waals surface area contributed by atoms with Gasteiger partial charge in [0.1, 0.15) is 12.0 Å². The Balaban J connectivity index is 1.74. The molecule has 0 radical (unpaired) electrons. The third kappa shape index (κ3) is 3.35. The van der Waals surface area contributed by atoms with Gasteiger partial charge in [-0.05, 0) is 18.2 Å². The molecule has 24 heavy (non-hydrogen) atoms. The minimum atomic E-state index is -0.718. The number of anilines is 1. The highest BCUT2D eigenvalue weighted by Crippen LogP contribution is 2.27. The molecular formula is C16H18N4O4. The molecule has 1 saturated heterocycles. The van der Waals surface area contributed by atoms with Crippen LogP contribution in [0.1, 0.15) is 23.0 Å². The molecule has 0 bridgehead atoms. The van der Waals surface area contributed by atoms with Crippen LogP contribution < -0.4 is 16.7 Å². The number of hydrogen-bond donors (Lipinski definition) is 3. The summed E-state index contributed by atoms with van der Waals surface area (Å²) in [6.45, 7) is 0.172. The monoisotopic (exact) mass is 330 g/mol. The second-order valence-electron chi connectivity index (χ2n) is 5.49. The number of nitrogens with one attached hydrogen (secondary N) is 1. The highest BCUT2D eigenvalue weighted by molar-refractivity contribution is 6.03. The molecule has 1 aromatic heterocycles. The fourth-order valence-electron chi connectivity index (χ4n) is 2.58. The van der Waals surface area contributed by atoms with Crippen molar-refractivity contribution in [3.05, 3.63) is 58.6 Å². The zero-order valence-corrected chi connectivity index (χ0v) is 12.8. The van der Waals surface area contributed by atoms with Crippen LogP contribution in [-0.4, -0.2) is 39.3 Å². The summed E-state index contributed by atoms with van der Waals surface area (Å²) in [4.78, 5) is 28.1. The summed E-state index contributed by atoms with van der Waals surface area (Å²) >= 11 is 0. The molecule has 0 aliphatic carbocycles. The van der Waals surface area contributed by atoms with Crippen molar-refractivity contribution < 1.29 is 14.6 Å². The molecular weight excluding hydrogens is 312 g/mol. The number of benzene rings is 1. The SMILES string of the molecule is NC[C@H]1O[C@@H](n2ccc(NC(=O)c3ccccc3)nc2=O)C[C@@H]1O. The minimum Gasteiger partial charge on any atom is -0.390 e. The number of aliphatic hydroxyl groups excluding tert-OH is 1. The number of rotatable bonds is 4. The number of hydrogen-bond acceptors (Lipinski definition) is 6. The molecule has 2 aromatic rings. The average Bonchev–Trinajstić information content (AvgIpc) is 2.96. The summed E-state index contributed by atoms with van der Waals surface area (Å²) in [5.41, 5.74) is 5.40. The van der Waals surface area contributed by atoms with E-state index < -0.39 is 24.1 Å². The summed E-state index contributed by atoms with van der Waals surface area (Å²) in [5, 5.41) is 12.4. The number of nitrogens with zero attached hydrogens (tertiary/aromatic N) is 2. The Kier molecular flexibility index (Phi) is 4.70. The van der Waals surface area contributed by atoms with Gasteiger partial charge in [0.15, 0.2) is 0 Å². The topological polar surface area (TPSA) is 119 Å². The van der Waals surface area contributed by atoms with Crippen molar-refractivity contribution in [1.82, 2.24) is 9.55 Å². The Bertz CT molecular complexity index is 777. The quantitative estimate of drug-likeness (QED) is 0.731. The first-order valence-electron chi connectivity index (χ1n) is 7.57. The molecule has 0 spiro atoms. The van der Waals surface area contributed by atoms with E-state index in [4.69, 9.17) is 10.5 Å². The van der Waals surface area contributed by atoms with Gasteiger partial charge in [-0.2, -0.15) is 4.98 Å². The molecule has 3 atom stereocenters. The number of amides is 1. The summed E-state index contributed by atoms with van der Waals surface area (Å²) in [7, 11) is 0. The standard InChI is InChI=1S/C16H18N4O4/c17-9-12-11(21)8-14(24-12)20-7-6-13(19-16(20)23)18-15(22)10-4-2-1-3-5-10/h1-7,11-12,14,21H,8-9,17H2,(H,18,19,22,23)/t11-,12+,14+/m0/s1. The molecule has 4 N–H and O–H groups in total. The first kappa shape index (κ1) is 16.3. The third-order valence-corrected chi connectivity index (χ3v) is 3.85. The molecule has 0 unspecified atom stereocenters. The predicted octanol–water partition coefficient (Wildman–Crippen LogP) is 0.103. The van der Waals surface area contributed by atoms with Gasteiger partial charge in [0.05, 0.1) is 12.2 Å². The van der Waals surface area contributed by atoms with E-state index in [2.05, 4.69) is 10.3 Å². The van der Waals surface area contributed by atoms with E-state index in [1.807, 2.05) is 0 Å². The predicted molar refractivity (Wildman–Crippen MR) is 86.5 cm³/mol. The number of carbonyl (C=O) groups is 1. The number of ether oxygens (including phenoxy) is 1. The van der Waals surface area contributed by atoms with Crippen LogP contribution in [0.25, 0.3) is 0 Å². The van der Waals surface area contributed by atoms with Crippen molar-refractivity contribution in [1.29, 1.82) is 0 Å². The van der Waals surface area contributed by atoms with Gasteiger partial charge in [0.25, 0.3) is 5.91 Å². The first-order chi connectivity index (χ1) is 11.6. The summed E-state index contributed by atoms with van der Waals surface area (Å²) in [6, 6.07) is 10.1. The lowest BCUT2D eigenvalue weighted by Gasteiger charge is -2.14. The fourth-order valence-corrected chi connectivity index (χ4v) is 2.58. The summed E-state index contributed by atoms with van der Waals surface area (Å²) < 4.78 is 6.82. The lowest BCUT2D eigenvalue weighted by molar-refractivity contribution is -0.0150. The van der Waals surface area contributed by atoms with Gasteiger partial charge >= 0.3 is 5.69 Å². The normalized spacial score (nSPS) is 23.2. The Morgan fingerprint density at radius 2 is 2.12 bits per heavy atom. The zero-order chi connectivity index (χ0) is 17.1. The van der Waals surface area contributed by atoms with E-state index in [1.54, 1.807) is 30.3 Å². The van der Waals surface area contributed by atoms with Crippen LogP contribution >= 0.6 is 0 Å². The Morgan fingerprint density at radius 3 is 2.75 bits per heavy atom. The maximum absolute atomic E-state index is 12.2. The summed E-state index contributed by atoms with van der Waals surface area (Å²) in [5.74, 6) is -0.199. The van der Waals surface area contributed by atoms with Crippen LogP contribution in [0.4, 0.5) is 5.82 Å². The zero-order valence-electron chi connectivity index (χ0n) is 12.8. The van der Waals surface area contributed by atoms with Crippen LogP contribution in [0.2, 0.25) is 0 Å². The molecule has 1 fully saturated rings. The number of nitrogens with two attached hydrogens (primary N) is 1. The fraction of sp³-hybridized carbons (Fsp3) is 0.312. The van der Waals surface area contributed by atoms with E-state index in [9.17, 15) is 14.7 Å². The molecule has 2 heterocycles. The lowest BCUT2D eigenvalue weighted by Crippen LogP contribution is -2.30. The maximum Gasteiger partial charge on any atom is 0.351 e. The molecule has 1 amide bonds. The van der Waals surface area contributed by atoms with Gasteiger partial charge in [-0.25, -0.2) is 4.79 Å². The van der Waals surface area contributed by atoms with Gasteiger partial charge in [-0.3, -0.25) is 9.36 Å². The van der Waals surface area contributed by atoms with Gasteiger partial charge in [-0.15, -0.1) is 0 Å². The molecule has 0 saturated carbocycles. The second kappa shape index (κ2) is 6.91. The second-order valence-corrected chi connectivity index (χ2v) is 5.49. The van der Waals surface area contributed by atoms with Crippen molar-refractivity contribution in [3.8, 4) is 0 Å². The van der Waals surface area contributed by atoms with Crippen molar-refractivity contribution >= 4 is 11.7 Å². The third-order valence-electron chi connectivity index (χ3n) is 3.85. The lowest BCUT2D eigenvalue weighted by atomic mass is 10.2. The van der Waals surface area contributed by atoms with Crippen LogP contribution in [0.3, 0.4) is 0 Å². The molecule has 1 aliphatic rings. The maximum atomic E-state index is 12.2. The van der Waals surface area contributed by atoms with Gasteiger partial charge in [0.2, 0.25) is 0 Å². The summed E-state index contributed by atoms with van der Waals surface area (Å²) in [6.07, 6.45) is -0.0954. The number of aromatic nitrogens is 2. The van der Waals surface area contributed by atoms with E-state index in [0.29, 0.717) is 5.56 Å². The number of carbonyl (C=O) groups excluding carboxylic acids is 1. The molecule has 8 heteroatoms. The molecule has 126 valence electrons. The van der Waals surface area contributed by atoms with Crippen molar-refractivity contribution in [3.63, 3.8) is 0 Å². The molecule has 1 aromatic carbocycles. The van der Waals surface area contributed by atoms with Crippen molar-refractivity contribution in [2.75, 3.05) is 11.9 Å². The largest absolute Gasteiger partial charge is 0.390 e. The smallest absolute Gasteiger partial charge is 0.351 e. The van der Waals surface area contributed by atoms with Crippen molar-refractivity contribution in [2.45, 2.75) is 24.9 Å². The highest BCUT2D eigenvalue weighted by Gasteiger charge is 2.34. The highest BCUT2D eigenvalue weighted by atomic mass is 16.5. The van der Waals surface area contributed by atoms with Crippen LogP contribution in [0, 0.1) is 0 Å². The Labute approximate surface area is 137 Å².